The SMILES string of the molecule is CC(C)c1ccc2c(c1)C(=O)C(=O)N2CN1CCC[C@H]1c1cccs1. The van der Waals surface area contributed by atoms with Gasteiger partial charge in [-0.05, 0) is 47.9 Å². The number of benzene rings is 1. The topological polar surface area (TPSA) is 40.6 Å². The molecule has 1 aromatic carbocycles. The van der Waals surface area contributed by atoms with Crippen molar-refractivity contribution in [1.82, 2.24) is 4.90 Å². The standard InChI is InChI=1S/C20H22N2O2S/c1-13(2)14-7-8-16-15(11-14)19(23)20(24)22(16)12-21-9-3-5-17(21)18-6-4-10-25-18/h4,6-8,10-11,13,17H,3,5,9,12H2,1-2H3/t17-/m0/s1. The minimum absolute atomic E-state index is 0.337. The van der Waals surface area contributed by atoms with Gasteiger partial charge in [0.25, 0.3) is 5.78 Å². The molecule has 0 unspecified atom stereocenters. The van der Waals surface area contributed by atoms with E-state index in [1.165, 1.54) is 4.88 Å². The van der Waals surface area contributed by atoms with E-state index in [0.717, 1.165) is 30.6 Å². The van der Waals surface area contributed by atoms with Crippen LogP contribution in [-0.2, 0) is 4.79 Å². The van der Waals surface area contributed by atoms with Gasteiger partial charge in [0.05, 0.1) is 17.9 Å². The van der Waals surface area contributed by atoms with Gasteiger partial charge in [-0.2, -0.15) is 0 Å². The molecule has 1 fully saturated rings. The minimum atomic E-state index is -0.396. The summed E-state index contributed by atoms with van der Waals surface area (Å²) in [5.74, 6) is -0.429. The summed E-state index contributed by atoms with van der Waals surface area (Å²) in [6.45, 7) is 5.63. The molecule has 0 aliphatic carbocycles. The zero-order valence-electron chi connectivity index (χ0n) is 14.6. The predicted octanol–water partition coefficient (Wildman–Crippen LogP) is 4.20. The number of hydrogen-bond donors (Lipinski definition) is 0. The molecule has 4 nitrogen and oxygen atoms in total. The molecule has 4 rings (SSSR count). The minimum Gasteiger partial charge on any atom is -0.291 e. The highest BCUT2D eigenvalue weighted by Crippen LogP contribution is 2.37. The first kappa shape index (κ1) is 16.5. The average Bonchev–Trinajstić information content (AvgIpc) is 3.32. The number of ketones is 1. The van der Waals surface area contributed by atoms with Crippen LogP contribution in [0.1, 0.15) is 59.4 Å². The second-order valence-electron chi connectivity index (χ2n) is 7.12. The molecular weight excluding hydrogens is 332 g/mol. The molecule has 25 heavy (non-hydrogen) atoms. The lowest BCUT2D eigenvalue weighted by atomic mass is 9.99. The van der Waals surface area contributed by atoms with Crippen LogP contribution in [-0.4, -0.2) is 29.8 Å². The van der Waals surface area contributed by atoms with E-state index in [0.29, 0.717) is 24.2 Å². The Bertz CT molecular complexity index is 813. The summed E-state index contributed by atoms with van der Waals surface area (Å²) < 4.78 is 0. The van der Waals surface area contributed by atoms with Crippen molar-refractivity contribution in [2.45, 2.75) is 38.6 Å². The zero-order chi connectivity index (χ0) is 17.6. The lowest BCUT2D eigenvalue weighted by Gasteiger charge is -2.28. The molecule has 2 aliphatic rings. The summed E-state index contributed by atoms with van der Waals surface area (Å²) in [5.41, 5.74) is 2.42. The first-order valence-corrected chi connectivity index (χ1v) is 9.72. The third-order valence-corrected chi connectivity index (χ3v) is 6.19. The summed E-state index contributed by atoms with van der Waals surface area (Å²) in [6.07, 6.45) is 2.23. The molecule has 0 N–H and O–H groups in total. The molecule has 3 heterocycles. The molecule has 1 atom stereocenters. The molecule has 0 saturated carbocycles. The van der Waals surface area contributed by atoms with Gasteiger partial charge >= 0.3 is 5.91 Å². The molecule has 130 valence electrons. The highest BCUT2D eigenvalue weighted by Gasteiger charge is 2.39. The van der Waals surface area contributed by atoms with Gasteiger partial charge in [0.15, 0.2) is 0 Å². The van der Waals surface area contributed by atoms with Gasteiger partial charge in [0.1, 0.15) is 0 Å². The van der Waals surface area contributed by atoms with Gasteiger partial charge in [-0.3, -0.25) is 19.4 Å². The van der Waals surface area contributed by atoms with Gasteiger partial charge in [-0.1, -0.05) is 26.0 Å². The van der Waals surface area contributed by atoms with Crippen molar-refractivity contribution in [1.29, 1.82) is 0 Å². The van der Waals surface area contributed by atoms with Crippen molar-refractivity contribution in [2.75, 3.05) is 18.1 Å². The lowest BCUT2D eigenvalue weighted by Crippen LogP contribution is -2.40. The van der Waals surface area contributed by atoms with E-state index in [9.17, 15) is 9.59 Å². The van der Waals surface area contributed by atoms with Crippen LogP contribution in [0.5, 0.6) is 0 Å². The van der Waals surface area contributed by atoms with Gasteiger partial charge in [0, 0.05) is 17.5 Å². The summed E-state index contributed by atoms with van der Waals surface area (Å²) >= 11 is 1.76. The van der Waals surface area contributed by atoms with Crippen LogP contribution in [0.4, 0.5) is 5.69 Å². The summed E-state index contributed by atoms with van der Waals surface area (Å²) in [5, 5.41) is 2.10. The molecule has 2 aliphatic heterocycles. The number of amides is 1. The molecular formula is C20H22N2O2S. The third-order valence-electron chi connectivity index (χ3n) is 5.22. The number of rotatable bonds is 4. The smallest absolute Gasteiger partial charge is 0.291 e. The van der Waals surface area contributed by atoms with Crippen LogP contribution < -0.4 is 4.90 Å². The van der Waals surface area contributed by atoms with E-state index in [2.05, 4.69) is 36.3 Å². The quantitative estimate of drug-likeness (QED) is 0.773. The number of thiophene rings is 1. The first-order chi connectivity index (χ1) is 12.1. The second kappa shape index (κ2) is 6.39. The Morgan fingerprint density at radius 2 is 2.08 bits per heavy atom. The number of nitrogens with zero attached hydrogens (tertiary/aromatic N) is 2. The highest BCUT2D eigenvalue weighted by molar-refractivity contribution is 7.10. The molecule has 0 radical (unpaired) electrons. The normalized spacial score (nSPS) is 20.8. The van der Waals surface area contributed by atoms with Crippen molar-refractivity contribution in [3.05, 3.63) is 51.7 Å². The predicted molar refractivity (Wildman–Crippen MR) is 100 cm³/mol. The fraction of sp³-hybridized carbons (Fsp3) is 0.400. The third kappa shape index (κ3) is 2.81. The largest absolute Gasteiger partial charge is 0.300 e. The molecule has 5 heteroatoms. The maximum Gasteiger partial charge on any atom is 0.300 e. The molecule has 0 bridgehead atoms. The van der Waals surface area contributed by atoms with E-state index < -0.39 is 5.91 Å². The number of anilines is 1. The van der Waals surface area contributed by atoms with Gasteiger partial charge < -0.3 is 0 Å². The van der Waals surface area contributed by atoms with Gasteiger partial charge in [-0.25, -0.2) is 0 Å². The highest BCUT2D eigenvalue weighted by atomic mass is 32.1. The number of hydrogen-bond acceptors (Lipinski definition) is 4. The zero-order valence-corrected chi connectivity index (χ0v) is 15.4. The van der Waals surface area contributed by atoms with Crippen LogP contribution in [0.2, 0.25) is 0 Å². The second-order valence-corrected chi connectivity index (χ2v) is 8.10. The number of carbonyl (C=O) groups excluding carboxylic acids is 2. The van der Waals surface area contributed by atoms with Crippen molar-refractivity contribution in [3.63, 3.8) is 0 Å². The van der Waals surface area contributed by atoms with Crippen LogP contribution in [0, 0.1) is 0 Å². The molecule has 1 saturated heterocycles. The van der Waals surface area contributed by atoms with Gasteiger partial charge in [0.2, 0.25) is 0 Å². The number of fused-ring (bicyclic) bond motifs is 1. The maximum absolute atomic E-state index is 12.6. The van der Waals surface area contributed by atoms with E-state index in [1.54, 1.807) is 16.2 Å². The van der Waals surface area contributed by atoms with Crippen LogP contribution >= 0.6 is 11.3 Å². The first-order valence-electron chi connectivity index (χ1n) is 8.84. The van der Waals surface area contributed by atoms with E-state index in [-0.39, 0.29) is 5.78 Å². The average molecular weight is 354 g/mol. The lowest BCUT2D eigenvalue weighted by molar-refractivity contribution is -0.114. The number of carbonyl (C=O) groups is 2. The molecule has 2 aromatic rings. The van der Waals surface area contributed by atoms with Crippen molar-refractivity contribution in [3.8, 4) is 0 Å². The van der Waals surface area contributed by atoms with Crippen molar-refractivity contribution < 1.29 is 9.59 Å². The summed E-state index contributed by atoms with van der Waals surface area (Å²) in [6, 6.07) is 10.4. The fourth-order valence-corrected chi connectivity index (χ4v) is 4.69. The summed E-state index contributed by atoms with van der Waals surface area (Å²) in [4.78, 5) is 30.4. The Balaban J connectivity index is 1.61. The number of Topliss-reactive ketones (excluding diaryl/α,β-unsaturated/α-hetero) is 1. The number of likely N-dealkylation sites (tertiary alicyclic amines) is 1. The maximum atomic E-state index is 12.6. The van der Waals surface area contributed by atoms with Crippen LogP contribution in [0.3, 0.4) is 0 Å². The molecule has 1 aromatic heterocycles. The fourth-order valence-electron chi connectivity index (χ4n) is 3.80. The Labute approximate surface area is 152 Å². The molecule has 0 spiro atoms. The van der Waals surface area contributed by atoms with Crippen molar-refractivity contribution >= 4 is 28.7 Å². The Morgan fingerprint density at radius 3 is 2.80 bits per heavy atom. The van der Waals surface area contributed by atoms with Crippen molar-refractivity contribution in [2.24, 2.45) is 0 Å². The van der Waals surface area contributed by atoms with Crippen LogP contribution in [0.25, 0.3) is 0 Å². The van der Waals surface area contributed by atoms with Crippen LogP contribution in [0.15, 0.2) is 35.7 Å². The van der Waals surface area contributed by atoms with E-state index in [1.807, 2.05) is 18.2 Å². The molecule has 1 amide bonds. The van der Waals surface area contributed by atoms with E-state index in [4.69, 9.17) is 0 Å². The monoisotopic (exact) mass is 354 g/mol. The summed E-state index contributed by atoms with van der Waals surface area (Å²) in [7, 11) is 0. The van der Waals surface area contributed by atoms with E-state index >= 15 is 0 Å². The Kier molecular flexibility index (Phi) is 4.21. The Hall–Kier alpha value is -1.98. The Morgan fingerprint density at radius 1 is 1.24 bits per heavy atom. The van der Waals surface area contributed by atoms with Gasteiger partial charge in [-0.15, -0.1) is 11.3 Å².